The molecule has 0 N–H and O–H groups in total. The molecule has 0 saturated heterocycles. The van der Waals surface area contributed by atoms with E-state index in [0.717, 1.165) is 21.1 Å². The largest absolute Gasteiger partial charge is 0.489 e. The average molecular weight is 345 g/mol. The molecule has 0 amide bonds. The predicted molar refractivity (Wildman–Crippen MR) is 84.7 cm³/mol. The molecule has 0 spiro atoms. The molecule has 3 rings (SSSR count). The first kappa shape index (κ1) is 13.8. The van der Waals surface area contributed by atoms with Crippen LogP contribution >= 0.6 is 15.9 Å². The zero-order chi connectivity index (χ0) is 14.5. The van der Waals surface area contributed by atoms with E-state index < -0.39 is 0 Å². The van der Waals surface area contributed by atoms with E-state index in [9.17, 15) is 0 Å². The zero-order valence-corrected chi connectivity index (χ0v) is 12.8. The molecule has 3 aromatic rings. The highest BCUT2D eigenvalue weighted by Crippen LogP contribution is 2.24. The van der Waals surface area contributed by atoms with Crippen molar-refractivity contribution in [2.75, 3.05) is 13.2 Å². The van der Waals surface area contributed by atoms with Gasteiger partial charge in [0, 0.05) is 0 Å². The van der Waals surface area contributed by atoms with Crippen LogP contribution in [0.25, 0.3) is 10.9 Å². The van der Waals surface area contributed by atoms with Gasteiger partial charge in [-0.05, 0) is 40.2 Å². The first-order valence-corrected chi connectivity index (χ1v) is 7.34. The minimum atomic E-state index is 0.419. The summed E-state index contributed by atoms with van der Waals surface area (Å²) in [6.07, 6.45) is 1.51. The van der Waals surface area contributed by atoms with Crippen molar-refractivity contribution in [1.29, 1.82) is 0 Å². The van der Waals surface area contributed by atoms with E-state index in [4.69, 9.17) is 9.47 Å². The number of hydrogen-bond acceptors (Lipinski definition) is 4. The summed E-state index contributed by atoms with van der Waals surface area (Å²) in [6, 6.07) is 15.5. The molecule has 5 heteroatoms. The Labute approximate surface area is 130 Å². The normalized spacial score (nSPS) is 10.5. The second kappa shape index (κ2) is 6.54. The van der Waals surface area contributed by atoms with E-state index in [1.165, 1.54) is 6.33 Å². The van der Waals surface area contributed by atoms with Gasteiger partial charge in [-0.1, -0.05) is 24.3 Å². The minimum Gasteiger partial charge on any atom is -0.489 e. The van der Waals surface area contributed by atoms with Crippen LogP contribution in [0.2, 0.25) is 0 Å². The Balaban J connectivity index is 1.61. The number of halogens is 1. The van der Waals surface area contributed by atoms with Crippen molar-refractivity contribution in [2.45, 2.75) is 0 Å². The first-order valence-electron chi connectivity index (χ1n) is 6.54. The van der Waals surface area contributed by atoms with E-state index in [2.05, 4.69) is 25.9 Å². The van der Waals surface area contributed by atoms with Crippen LogP contribution in [-0.4, -0.2) is 23.2 Å². The number of benzene rings is 2. The molecule has 0 fully saturated rings. The molecule has 0 unspecified atom stereocenters. The zero-order valence-electron chi connectivity index (χ0n) is 11.2. The van der Waals surface area contributed by atoms with Gasteiger partial charge < -0.3 is 9.47 Å². The monoisotopic (exact) mass is 344 g/mol. The van der Waals surface area contributed by atoms with Gasteiger partial charge in [0.15, 0.2) is 0 Å². The quantitative estimate of drug-likeness (QED) is 0.659. The molecule has 2 aromatic carbocycles. The van der Waals surface area contributed by atoms with Crippen molar-refractivity contribution in [3.63, 3.8) is 0 Å². The summed E-state index contributed by atoms with van der Waals surface area (Å²) < 4.78 is 12.3. The number of nitrogens with zero attached hydrogens (tertiary/aromatic N) is 2. The van der Waals surface area contributed by atoms with E-state index in [1.54, 1.807) is 0 Å². The summed E-state index contributed by atoms with van der Waals surface area (Å²) in [4.78, 5) is 8.37. The van der Waals surface area contributed by atoms with Crippen LogP contribution in [0.4, 0.5) is 0 Å². The summed E-state index contributed by atoms with van der Waals surface area (Å²) >= 11 is 3.44. The lowest BCUT2D eigenvalue weighted by molar-refractivity contribution is 0.213. The summed E-state index contributed by atoms with van der Waals surface area (Å²) in [5.41, 5.74) is 0.870. The number of aromatic nitrogens is 2. The molecule has 1 aromatic heterocycles. The molecule has 21 heavy (non-hydrogen) atoms. The molecule has 0 saturated carbocycles. The molecular weight excluding hydrogens is 332 g/mol. The molecule has 1 heterocycles. The lowest BCUT2D eigenvalue weighted by Crippen LogP contribution is -2.10. The Kier molecular flexibility index (Phi) is 4.31. The Morgan fingerprint density at radius 2 is 1.62 bits per heavy atom. The fourth-order valence-corrected chi connectivity index (χ4v) is 2.35. The Morgan fingerprint density at radius 1 is 0.857 bits per heavy atom. The molecule has 106 valence electrons. The highest BCUT2D eigenvalue weighted by Gasteiger charge is 2.04. The fraction of sp³-hybridized carbons (Fsp3) is 0.125. The van der Waals surface area contributed by atoms with Gasteiger partial charge in [0.1, 0.15) is 25.3 Å². The average Bonchev–Trinajstić information content (AvgIpc) is 2.53. The number of ether oxygens (including phenoxy) is 2. The van der Waals surface area contributed by atoms with Crippen LogP contribution in [0.3, 0.4) is 0 Å². The molecule has 0 radical (unpaired) electrons. The van der Waals surface area contributed by atoms with Gasteiger partial charge in [0.2, 0.25) is 5.88 Å². The van der Waals surface area contributed by atoms with Crippen molar-refractivity contribution in [3.05, 3.63) is 59.3 Å². The van der Waals surface area contributed by atoms with E-state index in [0.29, 0.717) is 19.1 Å². The van der Waals surface area contributed by atoms with E-state index >= 15 is 0 Å². The van der Waals surface area contributed by atoms with Crippen LogP contribution in [0.15, 0.2) is 59.3 Å². The Hall–Kier alpha value is -2.14. The number of rotatable bonds is 5. The second-order valence-electron chi connectivity index (χ2n) is 4.32. The highest BCUT2D eigenvalue weighted by atomic mass is 79.9. The maximum atomic E-state index is 5.69. The van der Waals surface area contributed by atoms with Crippen LogP contribution < -0.4 is 9.47 Å². The molecule has 4 nitrogen and oxygen atoms in total. The van der Waals surface area contributed by atoms with Crippen molar-refractivity contribution >= 4 is 26.8 Å². The van der Waals surface area contributed by atoms with E-state index in [-0.39, 0.29) is 0 Å². The SMILES string of the molecule is Brc1ccccc1OCCOc1ncnc2ccccc12. The molecular formula is C16H13BrN2O2. The van der Waals surface area contributed by atoms with Crippen LogP contribution in [-0.2, 0) is 0 Å². The number of hydrogen-bond donors (Lipinski definition) is 0. The van der Waals surface area contributed by atoms with Gasteiger partial charge in [-0.15, -0.1) is 0 Å². The Morgan fingerprint density at radius 3 is 2.52 bits per heavy atom. The smallest absolute Gasteiger partial charge is 0.224 e. The van der Waals surface area contributed by atoms with Gasteiger partial charge in [-0.25, -0.2) is 9.97 Å². The van der Waals surface area contributed by atoms with Gasteiger partial charge in [-0.2, -0.15) is 0 Å². The standard InChI is InChI=1S/C16H13BrN2O2/c17-13-6-2-4-8-15(13)20-9-10-21-16-12-5-1-3-7-14(12)18-11-19-16/h1-8,11H,9-10H2. The summed E-state index contributed by atoms with van der Waals surface area (Å²) in [6.45, 7) is 0.864. The van der Waals surface area contributed by atoms with Crippen LogP contribution in [0.1, 0.15) is 0 Å². The summed E-state index contributed by atoms with van der Waals surface area (Å²) in [5, 5.41) is 0.904. The first-order chi connectivity index (χ1) is 10.3. The van der Waals surface area contributed by atoms with Crippen molar-refractivity contribution < 1.29 is 9.47 Å². The van der Waals surface area contributed by atoms with Crippen molar-refractivity contribution in [1.82, 2.24) is 9.97 Å². The Bertz CT molecular complexity index is 744. The van der Waals surface area contributed by atoms with Gasteiger partial charge in [0.25, 0.3) is 0 Å². The lowest BCUT2D eigenvalue weighted by Gasteiger charge is -2.10. The fourth-order valence-electron chi connectivity index (χ4n) is 1.95. The van der Waals surface area contributed by atoms with Gasteiger partial charge in [-0.3, -0.25) is 0 Å². The summed E-state index contributed by atoms with van der Waals surface area (Å²) in [5.74, 6) is 1.38. The highest BCUT2D eigenvalue weighted by molar-refractivity contribution is 9.10. The summed E-state index contributed by atoms with van der Waals surface area (Å²) in [7, 11) is 0. The molecule has 0 aliphatic carbocycles. The van der Waals surface area contributed by atoms with Crippen molar-refractivity contribution in [3.8, 4) is 11.6 Å². The maximum Gasteiger partial charge on any atom is 0.224 e. The van der Waals surface area contributed by atoms with Crippen LogP contribution in [0.5, 0.6) is 11.6 Å². The van der Waals surface area contributed by atoms with Crippen molar-refractivity contribution in [2.24, 2.45) is 0 Å². The molecule has 0 atom stereocenters. The minimum absolute atomic E-state index is 0.419. The van der Waals surface area contributed by atoms with Gasteiger partial charge in [0.05, 0.1) is 15.4 Å². The molecule has 0 aliphatic rings. The third kappa shape index (κ3) is 3.31. The van der Waals surface area contributed by atoms with Gasteiger partial charge >= 0.3 is 0 Å². The molecule has 0 aliphatic heterocycles. The van der Waals surface area contributed by atoms with Crippen LogP contribution in [0, 0.1) is 0 Å². The number of para-hydroxylation sites is 2. The second-order valence-corrected chi connectivity index (χ2v) is 5.18. The predicted octanol–water partition coefficient (Wildman–Crippen LogP) is 3.85. The lowest BCUT2D eigenvalue weighted by atomic mass is 10.2. The maximum absolute atomic E-state index is 5.69. The third-order valence-electron chi connectivity index (χ3n) is 2.92. The third-order valence-corrected chi connectivity index (χ3v) is 3.58. The van der Waals surface area contributed by atoms with E-state index in [1.807, 2.05) is 48.5 Å². The molecule has 0 bridgehead atoms. The number of fused-ring (bicyclic) bond motifs is 1. The topological polar surface area (TPSA) is 44.2 Å².